The SMILES string of the molecule is CCCCCCC(NCCC)c1cccc(OC2CC2)c1. The van der Waals surface area contributed by atoms with E-state index >= 15 is 0 Å². The Hall–Kier alpha value is -1.02. The van der Waals surface area contributed by atoms with Crippen LogP contribution in [0.25, 0.3) is 0 Å². The van der Waals surface area contributed by atoms with Crippen LogP contribution in [-0.4, -0.2) is 12.6 Å². The first-order valence-electron chi connectivity index (χ1n) is 8.83. The summed E-state index contributed by atoms with van der Waals surface area (Å²) in [7, 11) is 0. The maximum absolute atomic E-state index is 5.94. The van der Waals surface area contributed by atoms with Crippen molar-refractivity contribution in [2.45, 2.75) is 77.4 Å². The van der Waals surface area contributed by atoms with Gasteiger partial charge in [-0.25, -0.2) is 0 Å². The number of nitrogens with one attached hydrogen (secondary N) is 1. The number of unbranched alkanes of at least 4 members (excludes halogenated alkanes) is 3. The summed E-state index contributed by atoms with van der Waals surface area (Å²) in [4.78, 5) is 0. The van der Waals surface area contributed by atoms with E-state index in [0.717, 1.165) is 12.3 Å². The molecule has 21 heavy (non-hydrogen) atoms. The molecule has 1 aromatic carbocycles. The van der Waals surface area contributed by atoms with Gasteiger partial charge in [0.25, 0.3) is 0 Å². The van der Waals surface area contributed by atoms with Gasteiger partial charge in [-0.05, 0) is 49.9 Å². The number of hydrogen-bond donors (Lipinski definition) is 1. The van der Waals surface area contributed by atoms with Gasteiger partial charge in [-0.1, -0.05) is 51.7 Å². The van der Waals surface area contributed by atoms with Crippen LogP contribution in [0.5, 0.6) is 5.75 Å². The van der Waals surface area contributed by atoms with E-state index in [4.69, 9.17) is 4.74 Å². The second-order valence-corrected chi connectivity index (χ2v) is 6.25. The fraction of sp³-hybridized carbons (Fsp3) is 0.684. The van der Waals surface area contributed by atoms with E-state index in [-0.39, 0.29) is 0 Å². The molecule has 0 aliphatic heterocycles. The van der Waals surface area contributed by atoms with Gasteiger partial charge in [0.2, 0.25) is 0 Å². The van der Waals surface area contributed by atoms with Gasteiger partial charge < -0.3 is 10.1 Å². The lowest BCUT2D eigenvalue weighted by atomic mass is 9.99. The number of hydrogen-bond acceptors (Lipinski definition) is 2. The molecule has 0 heterocycles. The Morgan fingerprint density at radius 3 is 2.71 bits per heavy atom. The first-order valence-corrected chi connectivity index (χ1v) is 8.83. The van der Waals surface area contributed by atoms with Crippen molar-refractivity contribution in [3.63, 3.8) is 0 Å². The van der Waals surface area contributed by atoms with Crippen molar-refractivity contribution in [1.29, 1.82) is 0 Å². The molecule has 2 nitrogen and oxygen atoms in total. The van der Waals surface area contributed by atoms with Crippen LogP contribution in [-0.2, 0) is 0 Å². The smallest absolute Gasteiger partial charge is 0.120 e. The Balaban J connectivity index is 1.92. The van der Waals surface area contributed by atoms with Crippen LogP contribution in [0.15, 0.2) is 24.3 Å². The van der Waals surface area contributed by atoms with Crippen LogP contribution in [0.4, 0.5) is 0 Å². The molecule has 0 saturated heterocycles. The van der Waals surface area contributed by atoms with Crippen LogP contribution in [0, 0.1) is 0 Å². The second-order valence-electron chi connectivity index (χ2n) is 6.25. The third kappa shape index (κ3) is 6.09. The maximum Gasteiger partial charge on any atom is 0.120 e. The van der Waals surface area contributed by atoms with Crippen molar-refractivity contribution in [2.75, 3.05) is 6.54 Å². The molecule has 1 saturated carbocycles. The van der Waals surface area contributed by atoms with E-state index in [0.29, 0.717) is 12.1 Å². The minimum atomic E-state index is 0.476. The highest BCUT2D eigenvalue weighted by Gasteiger charge is 2.23. The first-order chi connectivity index (χ1) is 10.3. The van der Waals surface area contributed by atoms with Crippen molar-refractivity contribution < 1.29 is 4.74 Å². The van der Waals surface area contributed by atoms with Crippen LogP contribution < -0.4 is 10.1 Å². The lowest BCUT2D eigenvalue weighted by Crippen LogP contribution is -2.22. The van der Waals surface area contributed by atoms with Gasteiger partial charge in [-0.2, -0.15) is 0 Å². The van der Waals surface area contributed by atoms with Gasteiger partial charge in [0.15, 0.2) is 0 Å². The highest BCUT2D eigenvalue weighted by molar-refractivity contribution is 5.31. The van der Waals surface area contributed by atoms with Crippen molar-refractivity contribution in [2.24, 2.45) is 0 Å². The summed E-state index contributed by atoms with van der Waals surface area (Å²) in [5, 5.41) is 3.70. The predicted octanol–water partition coefficient (Wildman–Crippen LogP) is 5.24. The monoisotopic (exact) mass is 289 g/mol. The van der Waals surface area contributed by atoms with E-state index in [1.54, 1.807) is 0 Å². The molecule has 0 bridgehead atoms. The molecule has 1 aromatic rings. The van der Waals surface area contributed by atoms with Crippen molar-refractivity contribution >= 4 is 0 Å². The molecule has 1 aliphatic rings. The molecule has 1 aliphatic carbocycles. The lowest BCUT2D eigenvalue weighted by molar-refractivity contribution is 0.302. The molecular formula is C19H31NO. The molecule has 0 aromatic heterocycles. The van der Waals surface area contributed by atoms with E-state index in [9.17, 15) is 0 Å². The topological polar surface area (TPSA) is 21.3 Å². The first kappa shape index (κ1) is 16.4. The largest absolute Gasteiger partial charge is 0.490 e. The van der Waals surface area contributed by atoms with Crippen LogP contribution in [0.3, 0.4) is 0 Å². The third-order valence-corrected chi connectivity index (χ3v) is 4.07. The van der Waals surface area contributed by atoms with Gasteiger partial charge in [-0.15, -0.1) is 0 Å². The summed E-state index contributed by atoms with van der Waals surface area (Å²) < 4.78 is 5.94. The van der Waals surface area contributed by atoms with Crippen molar-refractivity contribution in [3.05, 3.63) is 29.8 Å². The fourth-order valence-electron chi connectivity index (χ4n) is 2.66. The quantitative estimate of drug-likeness (QED) is 0.563. The lowest BCUT2D eigenvalue weighted by Gasteiger charge is -2.20. The minimum absolute atomic E-state index is 0.476. The average molecular weight is 289 g/mol. The highest BCUT2D eigenvalue weighted by atomic mass is 16.5. The van der Waals surface area contributed by atoms with E-state index in [1.165, 1.54) is 56.9 Å². The van der Waals surface area contributed by atoms with Gasteiger partial charge >= 0.3 is 0 Å². The predicted molar refractivity (Wildman–Crippen MR) is 89.9 cm³/mol. The van der Waals surface area contributed by atoms with Crippen molar-refractivity contribution in [1.82, 2.24) is 5.32 Å². The summed E-state index contributed by atoms with van der Waals surface area (Å²) in [6, 6.07) is 9.19. The van der Waals surface area contributed by atoms with E-state index in [2.05, 4.69) is 43.4 Å². The summed E-state index contributed by atoms with van der Waals surface area (Å²) in [5.41, 5.74) is 1.39. The van der Waals surface area contributed by atoms with E-state index in [1.807, 2.05) is 0 Å². The minimum Gasteiger partial charge on any atom is -0.490 e. The Bertz CT molecular complexity index is 400. The number of benzene rings is 1. The molecule has 0 radical (unpaired) electrons. The number of ether oxygens (including phenoxy) is 1. The standard InChI is InChI=1S/C19H31NO/c1-3-5-6-7-11-19(20-14-4-2)16-9-8-10-18(15-16)21-17-12-13-17/h8-10,15,17,19-20H,3-7,11-14H2,1-2H3. The average Bonchev–Trinajstić information content (AvgIpc) is 3.31. The highest BCUT2D eigenvalue weighted by Crippen LogP contribution is 2.29. The van der Waals surface area contributed by atoms with Gasteiger partial charge in [0, 0.05) is 6.04 Å². The zero-order valence-electron chi connectivity index (χ0n) is 13.7. The molecule has 1 fully saturated rings. The van der Waals surface area contributed by atoms with E-state index < -0.39 is 0 Å². The molecule has 2 rings (SSSR count). The van der Waals surface area contributed by atoms with Gasteiger partial charge in [-0.3, -0.25) is 0 Å². The Morgan fingerprint density at radius 1 is 1.14 bits per heavy atom. The Kier molecular flexibility index (Phi) is 7.08. The molecule has 0 amide bonds. The number of rotatable bonds is 11. The fourth-order valence-corrected chi connectivity index (χ4v) is 2.66. The summed E-state index contributed by atoms with van der Waals surface area (Å²) in [6.07, 6.45) is 10.6. The van der Waals surface area contributed by atoms with Gasteiger partial charge in [0.1, 0.15) is 5.75 Å². The zero-order chi connectivity index (χ0) is 14.9. The van der Waals surface area contributed by atoms with Crippen LogP contribution in [0.1, 0.15) is 76.8 Å². The maximum atomic E-state index is 5.94. The molecule has 0 spiro atoms. The molecular weight excluding hydrogens is 258 g/mol. The second kappa shape index (κ2) is 9.09. The summed E-state index contributed by atoms with van der Waals surface area (Å²) in [5.74, 6) is 1.05. The zero-order valence-corrected chi connectivity index (χ0v) is 13.7. The van der Waals surface area contributed by atoms with Crippen LogP contribution >= 0.6 is 0 Å². The van der Waals surface area contributed by atoms with Gasteiger partial charge in [0.05, 0.1) is 6.10 Å². The Labute approximate surface area is 130 Å². The normalized spacial score (nSPS) is 15.9. The third-order valence-electron chi connectivity index (χ3n) is 4.07. The van der Waals surface area contributed by atoms with Crippen molar-refractivity contribution in [3.8, 4) is 5.75 Å². The summed E-state index contributed by atoms with van der Waals surface area (Å²) in [6.45, 7) is 5.59. The molecule has 1 N–H and O–H groups in total. The van der Waals surface area contributed by atoms with Crippen LogP contribution in [0.2, 0.25) is 0 Å². The molecule has 118 valence electrons. The molecule has 1 atom stereocenters. The molecule has 1 unspecified atom stereocenters. The molecule has 2 heteroatoms. The Morgan fingerprint density at radius 2 is 2.00 bits per heavy atom. The summed E-state index contributed by atoms with van der Waals surface area (Å²) >= 11 is 0.